The summed E-state index contributed by atoms with van der Waals surface area (Å²) in [6, 6.07) is 10.6. The number of carbonyl (C=O) groups is 2. The molecular weight excluding hydrogens is 559 g/mol. The Balaban J connectivity index is 1.95. The number of nitrogens with zero attached hydrogens (tertiary/aromatic N) is 1. The highest BCUT2D eigenvalue weighted by atomic mass is 19.4. The van der Waals surface area contributed by atoms with E-state index in [1.807, 2.05) is 0 Å². The first-order chi connectivity index (χ1) is 19.3. The molecule has 0 fully saturated rings. The molecule has 228 valence electrons. The van der Waals surface area contributed by atoms with Crippen LogP contribution in [0.5, 0.6) is 11.5 Å². The fourth-order valence-corrected chi connectivity index (χ4v) is 3.41. The largest absolute Gasteiger partial charge is 0.573 e. The third-order valence-corrected chi connectivity index (χ3v) is 5.43. The third kappa shape index (κ3) is 14.0. The number of alkyl halides is 5. The molecule has 0 aliphatic rings. The van der Waals surface area contributed by atoms with Gasteiger partial charge < -0.3 is 34.3 Å². The molecular formula is C27H33F5N2O7. The van der Waals surface area contributed by atoms with Gasteiger partial charge in [-0.3, -0.25) is 0 Å². The molecule has 9 nitrogen and oxygen atoms in total. The molecule has 0 heterocycles. The highest BCUT2D eigenvalue weighted by Crippen LogP contribution is 2.24. The fourth-order valence-electron chi connectivity index (χ4n) is 3.41. The zero-order valence-corrected chi connectivity index (χ0v) is 22.6. The number of amides is 2. The Morgan fingerprint density at radius 1 is 0.927 bits per heavy atom. The highest BCUT2D eigenvalue weighted by Gasteiger charge is 2.31. The molecule has 14 heteroatoms. The summed E-state index contributed by atoms with van der Waals surface area (Å²) in [5.74, 6) is -3.95. The van der Waals surface area contributed by atoms with Crippen molar-refractivity contribution in [3.05, 3.63) is 54.1 Å². The van der Waals surface area contributed by atoms with E-state index >= 15 is 0 Å². The molecule has 0 aromatic heterocycles. The number of aliphatic carboxylic acids is 1. The predicted molar refractivity (Wildman–Crippen MR) is 138 cm³/mol. The minimum atomic E-state index is -4.85. The first kappa shape index (κ1) is 33.6. The van der Waals surface area contributed by atoms with E-state index in [2.05, 4.69) is 10.1 Å². The lowest BCUT2D eigenvalue weighted by Crippen LogP contribution is -2.40. The summed E-state index contributed by atoms with van der Waals surface area (Å²) >= 11 is 0. The molecule has 0 bridgehead atoms. The standard InChI is InChI=1S/C27H33F5N2O7/c1-3-39-23(24(35)36)18-19-4-8-21(9-5-19)40-17-14-34(13-16-38-15-12-26(2,28)29)25(37)33-20-6-10-22(11-7-20)41-27(30,31)32/h4-11,23H,3,12-18H2,1-2H3,(H,33,37)(H,35,36). The molecule has 0 saturated heterocycles. The molecule has 0 aliphatic heterocycles. The molecule has 0 spiro atoms. The second-order valence-electron chi connectivity index (χ2n) is 8.90. The minimum Gasteiger partial charge on any atom is -0.492 e. The summed E-state index contributed by atoms with van der Waals surface area (Å²) in [5.41, 5.74) is 0.921. The number of hydrogen-bond donors (Lipinski definition) is 2. The Bertz CT molecular complexity index is 1080. The van der Waals surface area contributed by atoms with Crippen LogP contribution in [0.1, 0.15) is 25.8 Å². The lowest BCUT2D eigenvalue weighted by atomic mass is 10.1. The van der Waals surface area contributed by atoms with Gasteiger partial charge in [0.25, 0.3) is 0 Å². The second kappa shape index (κ2) is 16.0. The van der Waals surface area contributed by atoms with Crippen molar-refractivity contribution >= 4 is 17.7 Å². The number of carboxylic acid groups (broad SMARTS) is 1. The number of anilines is 1. The quantitative estimate of drug-likeness (QED) is 0.182. The van der Waals surface area contributed by atoms with Gasteiger partial charge in [-0.1, -0.05) is 12.1 Å². The summed E-state index contributed by atoms with van der Waals surface area (Å²) in [6.07, 6.45) is -6.14. The minimum absolute atomic E-state index is 0.0205. The first-order valence-electron chi connectivity index (χ1n) is 12.7. The molecule has 2 aromatic rings. The summed E-state index contributed by atoms with van der Waals surface area (Å²) in [6.45, 7) is 2.60. The van der Waals surface area contributed by atoms with Crippen LogP contribution in [0.25, 0.3) is 0 Å². The fraction of sp³-hybridized carbons (Fsp3) is 0.481. The average molecular weight is 593 g/mol. The Morgan fingerprint density at radius 2 is 1.54 bits per heavy atom. The normalized spacial score (nSPS) is 12.5. The maximum atomic E-state index is 13.0. The Kier molecular flexibility index (Phi) is 13.1. The molecule has 41 heavy (non-hydrogen) atoms. The van der Waals surface area contributed by atoms with E-state index in [0.717, 1.165) is 24.6 Å². The molecule has 2 rings (SSSR count). The van der Waals surface area contributed by atoms with Crippen LogP contribution in [0.4, 0.5) is 32.4 Å². The van der Waals surface area contributed by atoms with Crippen LogP contribution >= 0.6 is 0 Å². The monoisotopic (exact) mass is 592 g/mol. The lowest BCUT2D eigenvalue weighted by Gasteiger charge is -2.23. The number of halogens is 5. The number of benzene rings is 2. The van der Waals surface area contributed by atoms with Crippen LogP contribution in [-0.4, -0.2) is 79.9 Å². The van der Waals surface area contributed by atoms with Crippen molar-refractivity contribution in [2.75, 3.05) is 44.8 Å². The molecule has 0 radical (unpaired) electrons. The van der Waals surface area contributed by atoms with Crippen molar-refractivity contribution in [3.63, 3.8) is 0 Å². The number of ether oxygens (including phenoxy) is 4. The maximum absolute atomic E-state index is 13.0. The Hall–Kier alpha value is -3.65. The highest BCUT2D eigenvalue weighted by molar-refractivity contribution is 5.89. The molecule has 1 atom stereocenters. The van der Waals surface area contributed by atoms with E-state index < -0.39 is 42.6 Å². The molecule has 2 aromatic carbocycles. The number of carbonyl (C=O) groups excluding carboxylic acids is 1. The van der Waals surface area contributed by atoms with Crippen LogP contribution in [0.3, 0.4) is 0 Å². The number of hydrogen-bond acceptors (Lipinski definition) is 6. The summed E-state index contributed by atoms with van der Waals surface area (Å²) in [4.78, 5) is 25.4. The predicted octanol–water partition coefficient (Wildman–Crippen LogP) is 5.59. The Labute approximate surface area is 234 Å². The molecule has 1 unspecified atom stereocenters. The zero-order valence-electron chi connectivity index (χ0n) is 22.6. The molecule has 0 aliphatic carbocycles. The van der Waals surface area contributed by atoms with Gasteiger partial charge in [0.2, 0.25) is 5.92 Å². The number of rotatable bonds is 17. The molecule has 0 saturated carbocycles. The second-order valence-corrected chi connectivity index (χ2v) is 8.90. The van der Waals surface area contributed by atoms with Crippen molar-refractivity contribution in [1.82, 2.24) is 4.90 Å². The van der Waals surface area contributed by atoms with E-state index in [4.69, 9.17) is 14.2 Å². The SMILES string of the molecule is CCOC(Cc1ccc(OCCN(CCOCCC(C)(F)F)C(=O)Nc2ccc(OC(F)(F)F)cc2)cc1)C(=O)O. The summed E-state index contributed by atoms with van der Waals surface area (Å²) < 4.78 is 83.1. The van der Waals surface area contributed by atoms with Crippen LogP contribution in [0, 0.1) is 0 Å². The Morgan fingerprint density at radius 3 is 2.10 bits per heavy atom. The van der Waals surface area contributed by atoms with Gasteiger partial charge in [0.05, 0.1) is 19.8 Å². The van der Waals surface area contributed by atoms with E-state index in [9.17, 15) is 36.6 Å². The molecule has 2 N–H and O–H groups in total. The van der Waals surface area contributed by atoms with Crippen molar-refractivity contribution in [3.8, 4) is 11.5 Å². The van der Waals surface area contributed by atoms with Crippen LogP contribution < -0.4 is 14.8 Å². The van der Waals surface area contributed by atoms with Crippen molar-refractivity contribution in [2.45, 2.75) is 45.1 Å². The maximum Gasteiger partial charge on any atom is 0.573 e. The van der Waals surface area contributed by atoms with Crippen LogP contribution in [0.2, 0.25) is 0 Å². The first-order valence-corrected chi connectivity index (χ1v) is 12.7. The smallest absolute Gasteiger partial charge is 0.492 e. The van der Waals surface area contributed by atoms with Crippen molar-refractivity contribution < 1.29 is 55.6 Å². The number of carboxylic acids is 1. The topological polar surface area (TPSA) is 107 Å². The van der Waals surface area contributed by atoms with E-state index in [1.54, 1.807) is 31.2 Å². The van der Waals surface area contributed by atoms with Gasteiger partial charge in [0.1, 0.15) is 18.1 Å². The van der Waals surface area contributed by atoms with E-state index in [0.29, 0.717) is 5.75 Å². The third-order valence-electron chi connectivity index (χ3n) is 5.43. The van der Waals surface area contributed by atoms with Gasteiger partial charge in [-0.25, -0.2) is 18.4 Å². The average Bonchev–Trinajstić information content (AvgIpc) is 2.87. The van der Waals surface area contributed by atoms with Crippen LogP contribution in [0.15, 0.2) is 48.5 Å². The van der Waals surface area contributed by atoms with Gasteiger partial charge in [-0.15, -0.1) is 13.2 Å². The molecule has 2 amide bonds. The van der Waals surface area contributed by atoms with Crippen molar-refractivity contribution in [2.24, 2.45) is 0 Å². The van der Waals surface area contributed by atoms with Gasteiger partial charge in [0.15, 0.2) is 6.10 Å². The zero-order chi connectivity index (χ0) is 30.5. The van der Waals surface area contributed by atoms with E-state index in [1.165, 1.54) is 17.0 Å². The van der Waals surface area contributed by atoms with Gasteiger partial charge in [-0.05, 0) is 55.8 Å². The number of urea groups is 1. The lowest BCUT2D eigenvalue weighted by molar-refractivity contribution is -0.274. The summed E-state index contributed by atoms with van der Waals surface area (Å²) in [5, 5.41) is 11.8. The van der Waals surface area contributed by atoms with E-state index in [-0.39, 0.29) is 51.6 Å². The van der Waals surface area contributed by atoms with Gasteiger partial charge >= 0.3 is 18.4 Å². The summed E-state index contributed by atoms with van der Waals surface area (Å²) in [7, 11) is 0. The van der Waals surface area contributed by atoms with Crippen molar-refractivity contribution in [1.29, 1.82) is 0 Å². The van der Waals surface area contributed by atoms with Gasteiger partial charge in [-0.2, -0.15) is 0 Å². The van der Waals surface area contributed by atoms with Gasteiger partial charge in [0, 0.05) is 31.7 Å². The van der Waals surface area contributed by atoms with Crippen LogP contribution in [-0.2, 0) is 20.7 Å². The number of nitrogens with one attached hydrogen (secondary N) is 1.